The Bertz CT molecular complexity index is 534. The predicted molar refractivity (Wildman–Crippen MR) is 63.4 cm³/mol. The lowest BCUT2D eigenvalue weighted by Gasteiger charge is -2.11. The Balaban J connectivity index is 3.09. The van der Waals surface area contributed by atoms with Crippen LogP contribution in [0.5, 0.6) is 0 Å². The minimum atomic E-state index is -3.77. The molecule has 1 rings (SSSR count). The average molecular weight is 277 g/mol. The fraction of sp³-hybridized carbons (Fsp3) is 0.556. The molecular formula is C9H15N3O5S. The first kappa shape index (κ1) is 14.5. The minimum absolute atomic E-state index is 0.0257. The summed E-state index contributed by atoms with van der Waals surface area (Å²) in [6.07, 6.45) is 0. The first-order valence-electron chi connectivity index (χ1n) is 5.13. The first-order chi connectivity index (χ1) is 8.29. The van der Waals surface area contributed by atoms with E-state index in [9.17, 15) is 13.2 Å². The number of esters is 1. The van der Waals surface area contributed by atoms with Gasteiger partial charge in [-0.1, -0.05) is 5.16 Å². The zero-order valence-electron chi connectivity index (χ0n) is 10.6. The molecule has 0 aliphatic heterocycles. The largest absolute Gasteiger partial charge is 0.462 e. The van der Waals surface area contributed by atoms with Crippen LogP contribution in [0.1, 0.15) is 23.0 Å². The zero-order chi connectivity index (χ0) is 13.9. The molecule has 0 amide bonds. The van der Waals surface area contributed by atoms with Gasteiger partial charge in [-0.15, -0.1) is 0 Å². The maximum atomic E-state index is 11.6. The highest BCUT2D eigenvalue weighted by molar-refractivity contribution is 7.90. The first-order valence-corrected chi connectivity index (χ1v) is 6.57. The highest BCUT2D eigenvalue weighted by atomic mass is 32.2. The number of nitrogens with zero attached hydrogens (tertiary/aromatic N) is 2. The Hall–Kier alpha value is -1.61. The lowest BCUT2D eigenvalue weighted by molar-refractivity contribution is 0.0526. The third-order valence-electron chi connectivity index (χ3n) is 2.04. The lowest BCUT2D eigenvalue weighted by Crippen LogP contribution is -2.29. The molecule has 1 heterocycles. The summed E-state index contributed by atoms with van der Waals surface area (Å²) in [4.78, 5) is 11.6. The maximum absolute atomic E-state index is 11.6. The number of nitrogens with one attached hydrogen (secondary N) is 1. The van der Waals surface area contributed by atoms with Crippen molar-refractivity contribution in [2.75, 3.05) is 25.4 Å². The molecule has 102 valence electrons. The molecule has 0 atom stereocenters. The molecule has 0 spiro atoms. The Morgan fingerprint density at radius 1 is 1.50 bits per heavy atom. The van der Waals surface area contributed by atoms with Gasteiger partial charge < -0.3 is 9.26 Å². The van der Waals surface area contributed by atoms with E-state index >= 15 is 0 Å². The molecule has 0 fully saturated rings. The Kier molecular flexibility index (Phi) is 4.30. The van der Waals surface area contributed by atoms with Crippen molar-refractivity contribution in [3.8, 4) is 0 Å². The maximum Gasteiger partial charge on any atom is 0.345 e. The minimum Gasteiger partial charge on any atom is -0.462 e. The van der Waals surface area contributed by atoms with Crippen molar-refractivity contribution in [2.24, 2.45) is 0 Å². The molecule has 9 heteroatoms. The molecule has 1 N–H and O–H groups in total. The van der Waals surface area contributed by atoms with Crippen LogP contribution in [-0.2, 0) is 14.9 Å². The molecule has 0 bridgehead atoms. The van der Waals surface area contributed by atoms with Gasteiger partial charge >= 0.3 is 16.2 Å². The van der Waals surface area contributed by atoms with Gasteiger partial charge in [0.05, 0.1) is 12.3 Å². The summed E-state index contributed by atoms with van der Waals surface area (Å²) in [7, 11) is -1.08. The Labute approximate surface area is 105 Å². The standard InChI is InChI=1S/C9H15N3O5S/c1-5-16-9(13)7-6(2)10-17-8(7)11-18(14,15)12(3)4/h11H,5H2,1-4H3. The van der Waals surface area contributed by atoms with Crippen LogP contribution in [0, 0.1) is 6.92 Å². The molecule has 1 aromatic heterocycles. The second-order valence-electron chi connectivity index (χ2n) is 3.58. The number of carbonyl (C=O) groups is 1. The van der Waals surface area contributed by atoms with Crippen LogP contribution in [-0.4, -0.2) is 44.6 Å². The van der Waals surface area contributed by atoms with E-state index in [-0.39, 0.29) is 23.7 Å². The second-order valence-corrected chi connectivity index (χ2v) is 5.47. The SMILES string of the molecule is CCOC(=O)c1c(C)noc1NS(=O)(=O)N(C)C. The number of anilines is 1. The van der Waals surface area contributed by atoms with Crippen LogP contribution in [0.2, 0.25) is 0 Å². The van der Waals surface area contributed by atoms with Crippen molar-refractivity contribution in [1.82, 2.24) is 9.46 Å². The summed E-state index contributed by atoms with van der Waals surface area (Å²) in [6, 6.07) is 0. The normalized spacial score (nSPS) is 11.6. The van der Waals surface area contributed by atoms with Gasteiger partial charge in [0, 0.05) is 14.1 Å². The number of aryl methyl sites for hydroxylation is 1. The molecule has 1 aromatic rings. The zero-order valence-corrected chi connectivity index (χ0v) is 11.4. The van der Waals surface area contributed by atoms with Crippen molar-refractivity contribution in [1.29, 1.82) is 0 Å². The number of rotatable bonds is 5. The number of ether oxygens (including phenoxy) is 1. The van der Waals surface area contributed by atoms with E-state index in [1.54, 1.807) is 6.92 Å². The number of hydrogen-bond donors (Lipinski definition) is 1. The third kappa shape index (κ3) is 2.99. The smallest absolute Gasteiger partial charge is 0.345 e. The molecule has 0 unspecified atom stereocenters. The van der Waals surface area contributed by atoms with Gasteiger partial charge in [-0.2, -0.15) is 12.7 Å². The van der Waals surface area contributed by atoms with Gasteiger partial charge in [-0.05, 0) is 13.8 Å². The average Bonchev–Trinajstić information content (AvgIpc) is 2.59. The van der Waals surface area contributed by atoms with E-state index in [1.165, 1.54) is 21.0 Å². The van der Waals surface area contributed by atoms with E-state index in [4.69, 9.17) is 9.26 Å². The molecule has 0 aromatic carbocycles. The molecule has 0 saturated carbocycles. The van der Waals surface area contributed by atoms with Gasteiger partial charge in [-0.25, -0.2) is 9.52 Å². The van der Waals surface area contributed by atoms with E-state index in [1.807, 2.05) is 0 Å². The molecule has 18 heavy (non-hydrogen) atoms. The fourth-order valence-corrected chi connectivity index (χ4v) is 1.65. The lowest BCUT2D eigenvalue weighted by atomic mass is 10.2. The molecule has 0 aliphatic rings. The summed E-state index contributed by atoms with van der Waals surface area (Å²) in [5, 5.41) is 3.54. The van der Waals surface area contributed by atoms with Crippen LogP contribution in [0.15, 0.2) is 4.52 Å². The molecule has 0 radical (unpaired) electrons. The van der Waals surface area contributed by atoms with Crippen LogP contribution in [0.25, 0.3) is 0 Å². The predicted octanol–water partition coefficient (Wildman–Crippen LogP) is 0.378. The number of hydrogen-bond acceptors (Lipinski definition) is 6. The van der Waals surface area contributed by atoms with Gasteiger partial charge in [-0.3, -0.25) is 0 Å². The van der Waals surface area contributed by atoms with Crippen LogP contribution < -0.4 is 4.72 Å². The molecule has 0 aliphatic carbocycles. The quantitative estimate of drug-likeness (QED) is 0.780. The summed E-state index contributed by atoms with van der Waals surface area (Å²) >= 11 is 0. The van der Waals surface area contributed by atoms with Crippen LogP contribution in [0.3, 0.4) is 0 Å². The van der Waals surface area contributed by atoms with Crippen molar-refractivity contribution < 1.29 is 22.5 Å². The molecule has 8 nitrogen and oxygen atoms in total. The highest BCUT2D eigenvalue weighted by Gasteiger charge is 2.26. The van der Waals surface area contributed by atoms with Crippen molar-refractivity contribution in [3.05, 3.63) is 11.3 Å². The van der Waals surface area contributed by atoms with E-state index in [0.717, 1.165) is 4.31 Å². The summed E-state index contributed by atoms with van der Waals surface area (Å²) in [5.74, 6) is -0.938. The van der Waals surface area contributed by atoms with Gasteiger partial charge in [0.15, 0.2) is 0 Å². The van der Waals surface area contributed by atoms with Crippen LogP contribution >= 0.6 is 0 Å². The van der Waals surface area contributed by atoms with Gasteiger partial charge in [0.25, 0.3) is 5.88 Å². The number of carbonyl (C=O) groups excluding carboxylic acids is 1. The second kappa shape index (κ2) is 5.36. The van der Waals surface area contributed by atoms with E-state index in [2.05, 4.69) is 9.88 Å². The topological polar surface area (TPSA) is 102 Å². The van der Waals surface area contributed by atoms with Crippen LogP contribution in [0.4, 0.5) is 5.88 Å². The molecule has 0 saturated heterocycles. The van der Waals surface area contributed by atoms with Crippen molar-refractivity contribution in [3.63, 3.8) is 0 Å². The highest BCUT2D eigenvalue weighted by Crippen LogP contribution is 2.21. The summed E-state index contributed by atoms with van der Waals surface area (Å²) in [6.45, 7) is 3.33. The van der Waals surface area contributed by atoms with E-state index < -0.39 is 16.2 Å². The summed E-state index contributed by atoms with van der Waals surface area (Å²) in [5.41, 5.74) is 0.229. The molecular weight excluding hydrogens is 262 g/mol. The van der Waals surface area contributed by atoms with Gasteiger partial charge in [0.2, 0.25) is 0 Å². The van der Waals surface area contributed by atoms with Gasteiger partial charge in [0.1, 0.15) is 5.56 Å². The van der Waals surface area contributed by atoms with Crippen molar-refractivity contribution in [2.45, 2.75) is 13.8 Å². The Morgan fingerprint density at radius 3 is 2.61 bits per heavy atom. The van der Waals surface area contributed by atoms with Crippen molar-refractivity contribution >= 4 is 22.1 Å². The third-order valence-corrected chi connectivity index (χ3v) is 3.45. The fourth-order valence-electron chi connectivity index (χ4n) is 1.09. The number of aromatic nitrogens is 1. The summed E-state index contributed by atoms with van der Waals surface area (Å²) < 4.78 is 35.9. The Morgan fingerprint density at radius 2 is 2.11 bits per heavy atom. The van der Waals surface area contributed by atoms with E-state index in [0.29, 0.717) is 0 Å². The monoisotopic (exact) mass is 277 g/mol.